The Kier molecular flexibility index (Phi) is 5.10. The number of thioether (sulfide) groups is 1. The van der Waals surface area contributed by atoms with Crippen molar-refractivity contribution in [3.05, 3.63) is 18.2 Å². The Morgan fingerprint density at radius 1 is 1.42 bits per heavy atom. The van der Waals surface area contributed by atoms with Gasteiger partial charge in [-0.05, 0) is 31.0 Å². The summed E-state index contributed by atoms with van der Waals surface area (Å²) in [4.78, 5) is 24.0. The number of amides is 2. The Balaban J connectivity index is 1.96. The average molecular weight is 299 g/mol. The van der Waals surface area contributed by atoms with Crippen LogP contribution in [-0.4, -0.2) is 23.4 Å². The number of fused-ring (bicyclic) bond motifs is 1. The van der Waals surface area contributed by atoms with Crippen molar-refractivity contribution in [2.24, 2.45) is 0 Å². The van der Waals surface area contributed by atoms with Crippen LogP contribution >= 0.6 is 23.4 Å². The van der Waals surface area contributed by atoms with E-state index >= 15 is 0 Å². The van der Waals surface area contributed by atoms with Gasteiger partial charge in [-0.2, -0.15) is 0 Å². The fourth-order valence-electron chi connectivity index (χ4n) is 1.76. The van der Waals surface area contributed by atoms with E-state index in [1.165, 1.54) is 11.8 Å². The number of carbonyl (C=O) groups excluding carboxylic acids is 2. The van der Waals surface area contributed by atoms with Gasteiger partial charge in [-0.1, -0.05) is 0 Å². The van der Waals surface area contributed by atoms with E-state index in [9.17, 15) is 9.59 Å². The molecular formula is C13H15ClN2O2S. The van der Waals surface area contributed by atoms with Crippen LogP contribution in [0, 0.1) is 0 Å². The Morgan fingerprint density at radius 3 is 3.05 bits per heavy atom. The molecule has 19 heavy (non-hydrogen) atoms. The predicted molar refractivity (Wildman–Crippen MR) is 79.0 cm³/mol. The maximum atomic E-state index is 11.7. The maximum absolute atomic E-state index is 11.7. The molecule has 2 N–H and O–H groups in total. The standard InChI is InChI=1S/C13H15ClN2O2S/c14-6-2-1-3-12(17)15-9-4-5-11-10(7-9)16-13(18)8-19-11/h4-5,7H,1-3,6,8H2,(H,15,17)(H,16,18). The summed E-state index contributed by atoms with van der Waals surface area (Å²) < 4.78 is 0. The number of nitrogens with one attached hydrogen (secondary N) is 2. The molecule has 0 unspecified atom stereocenters. The lowest BCUT2D eigenvalue weighted by atomic mass is 10.2. The fraction of sp³-hybridized carbons (Fsp3) is 0.385. The van der Waals surface area contributed by atoms with Gasteiger partial charge in [0.1, 0.15) is 0 Å². The predicted octanol–water partition coefficient (Wildman–Crippen LogP) is 3.08. The van der Waals surface area contributed by atoms with Gasteiger partial charge in [0, 0.05) is 22.9 Å². The number of halogens is 1. The van der Waals surface area contributed by atoms with E-state index in [-0.39, 0.29) is 11.8 Å². The zero-order valence-electron chi connectivity index (χ0n) is 10.4. The van der Waals surface area contributed by atoms with E-state index in [0.717, 1.165) is 23.4 Å². The van der Waals surface area contributed by atoms with Crippen molar-refractivity contribution in [3.63, 3.8) is 0 Å². The summed E-state index contributed by atoms with van der Waals surface area (Å²) in [6.45, 7) is 0. The molecule has 0 saturated heterocycles. The van der Waals surface area contributed by atoms with Gasteiger partial charge in [-0.15, -0.1) is 23.4 Å². The normalized spacial score (nSPS) is 13.6. The van der Waals surface area contributed by atoms with Crippen LogP contribution in [0.4, 0.5) is 11.4 Å². The molecule has 0 spiro atoms. The van der Waals surface area contributed by atoms with Gasteiger partial charge in [-0.25, -0.2) is 0 Å². The second-order valence-electron chi connectivity index (χ2n) is 4.24. The lowest BCUT2D eigenvalue weighted by Crippen LogP contribution is -2.19. The van der Waals surface area contributed by atoms with Gasteiger partial charge in [-0.3, -0.25) is 9.59 Å². The number of benzene rings is 1. The summed E-state index contributed by atoms with van der Waals surface area (Å²) in [6.07, 6.45) is 2.09. The molecule has 0 fully saturated rings. The van der Waals surface area contributed by atoms with E-state index in [1.54, 1.807) is 6.07 Å². The fourth-order valence-corrected chi connectivity index (χ4v) is 2.74. The second-order valence-corrected chi connectivity index (χ2v) is 5.64. The number of hydrogen-bond acceptors (Lipinski definition) is 3. The molecule has 2 rings (SSSR count). The highest BCUT2D eigenvalue weighted by atomic mass is 35.5. The molecule has 1 aliphatic rings. The first-order valence-electron chi connectivity index (χ1n) is 6.11. The lowest BCUT2D eigenvalue weighted by Gasteiger charge is -2.17. The van der Waals surface area contributed by atoms with Gasteiger partial charge < -0.3 is 10.6 Å². The molecule has 102 valence electrons. The van der Waals surface area contributed by atoms with Crippen molar-refractivity contribution in [3.8, 4) is 0 Å². The van der Waals surface area contributed by atoms with Crippen LogP contribution in [0.15, 0.2) is 23.1 Å². The Morgan fingerprint density at radius 2 is 2.26 bits per heavy atom. The van der Waals surface area contributed by atoms with Crippen LogP contribution < -0.4 is 10.6 Å². The highest BCUT2D eigenvalue weighted by Gasteiger charge is 2.15. The van der Waals surface area contributed by atoms with Crippen molar-refractivity contribution < 1.29 is 9.59 Å². The van der Waals surface area contributed by atoms with Gasteiger partial charge >= 0.3 is 0 Å². The monoisotopic (exact) mass is 298 g/mol. The third kappa shape index (κ3) is 4.14. The first-order chi connectivity index (χ1) is 9.19. The summed E-state index contributed by atoms with van der Waals surface area (Å²) in [5.74, 6) is 0.981. The van der Waals surface area contributed by atoms with Crippen molar-refractivity contribution in [2.45, 2.75) is 24.2 Å². The molecule has 1 heterocycles. The largest absolute Gasteiger partial charge is 0.326 e. The van der Waals surface area contributed by atoms with E-state index in [1.807, 2.05) is 12.1 Å². The molecule has 0 aliphatic carbocycles. The minimum atomic E-state index is -0.0279. The molecule has 1 aromatic rings. The zero-order chi connectivity index (χ0) is 13.7. The topological polar surface area (TPSA) is 58.2 Å². The molecule has 1 aliphatic heterocycles. The Labute approximate surface area is 121 Å². The molecule has 4 nitrogen and oxygen atoms in total. The van der Waals surface area contributed by atoms with Crippen molar-refractivity contribution in [1.29, 1.82) is 0 Å². The molecule has 0 radical (unpaired) electrons. The summed E-state index contributed by atoms with van der Waals surface area (Å²) in [6, 6.07) is 5.55. The van der Waals surface area contributed by atoms with Crippen LogP contribution in [0.2, 0.25) is 0 Å². The molecule has 0 bridgehead atoms. The Bertz CT molecular complexity index is 494. The van der Waals surface area contributed by atoms with Gasteiger partial charge in [0.15, 0.2) is 0 Å². The van der Waals surface area contributed by atoms with Crippen LogP contribution in [0.5, 0.6) is 0 Å². The minimum Gasteiger partial charge on any atom is -0.326 e. The number of hydrogen-bond donors (Lipinski definition) is 2. The third-order valence-corrected chi connectivity index (χ3v) is 4.02. The van der Waals surface area contributed by atoms with Gasteiger partial charge in [0.05, 0.1) is 11.4 Å². The lowest BCUT2D eigenvalue weighted by molar-refractivity contribution is -0.116. The van der Waals surface area contributed by atoms with Crippen LogP contribution in [0.1, 0.15) is 19.3 Å². The molecule has 0 saturated carbocycles. The SMILES string of the molecule is O=C(CCCCCl)Nc1ccc2c(c1)NC(=O)CS2. The van der Waals surface area contributed by atoms with Crippen LogP contribution in [-0.2, 0) is 9.59 Å². The summed E-state index contributed by atoms with van der Waals surface area (Å²) in [5, 5.41) is 5.62. The second kappa shape index (κ2) is 6.82. The van der Waals surface area contributed by atoms with E-state index in [2.05, 4.69) is 10.6 Å². The first kappa shape index (κ1) is 14.2. The first-order valence-corrected chi connectivity index (χ1v) is 7.63. The molecular weight excluding hydrogens is 284 g/mol. The van der Waals surface area contributed by atoms with Crippen LogP contribution in [0.3, 0.4) is 0 Å². The van der Waals surface area contributed by atoms with E-state index in [0.29, 0.717) is 23.7 Å². The smallest absolute Gasteiger partial charge is 0.234 e. The summed E-state index contributed by atoms with van der Waals surface area (Å²) in [5.41, 5.74) is 1.47. The minimum absolute atomic E-state index is 0.0110. The summed E-state index contributed by atoms with van der Waals surface area (Å²) >= 11 is 7.07. The van der Waals surface area contributed by atoms with Gasteiger partial charge in [0.2, 0.25) is 11.8 Å². The number of alkyl halides is 1. The Hall–Kier alpha value is -1.20. The van der Waals surface area contributed by atoms with Crippen LogP contribution in [0.25, 0.3) is 0 Å². The molecule has 0 atom stereocenters. The number of carbonyl (C=O) groups is 2. The molecule has 1 aromatic carbocycles. The van der Waals surface area contributed by atoms with E-state index in [4.69, 9.17) is 11.6 Å². The maximum Gasteiger partial charge on any atom is 0.234 e. The molecule has 2 amide bonds. The van der Waals surface area contributed by atoms with Gasteiger partial charge in [0.25, 0.3) is 0 Å². The third-order valence-electron chi connectivity index (χ3n) is 2.68. The highest BCUT2D eigenvalue weighted by Crippen LogP contribution is 2.33. The molecule has 0 aromatic heterocycles. The van der Waals surface area contributed by atoms with Crippen molar-refractivity contribution >= 4 is 46.6 Å². The van der Waals surface area contributed by atoms with Crippen molar-refractivity contribution in [1.82, 2.24) is 0 Å². The number of rotatable bonds is 5. The average Bonchev–Trinajstić information content (AvgIpc) is 2.38. The number of anilines is 2. The highest BCUT2D eigenvalue weighted by molar-refractivity contribution is 8.00. The zero-order valence-corrected chi connectivity index (χ0v) is 11.9. The quantitative estimate of drug-likeness (QED) is 0.649. The molecule has 6 heteroatoms. The number of unbranched alkanes of at least 4 members (excludes halogenated alkanes) is 1. The van der Waals surface area contributed by atoms with Crippen molar-refractivity contribution in [2.75, 3.05) is 22.3 Å². The van der Waals surface area contributed by atoms with E-state index < -0.39 is 0 Å². The summed E-state index contributed by atoms with van der Waals surface area (Å²) in [7, 11) is 0.